The Hall–Kier alpha value is -1.80. The van der Waals surface area contributed by atoms with Crippen molar-refractivity contribution in [1.29, 1.82) is 0 Å². The average molecular weight is 397 g/mol. The van der Waals surface area contributed by atoms with E-state index in [1.807, 2.05) is 24.3 Å². The van der Waals surface area contributed by atoms with Gasteiger partial charge in [0.2, 0.25) is 5.91 Å². The van der Waals surface area contributed by atoms with E-state index in [9.17, 15) is 9.59 Å². The van der Waals surface area contributed by atoms with E-state index in [0.717, 1.165) is 15.7 Å². The number of thioether (sulfide) groups is 1. The number of halogens is 1. The Morgan fingerprint density at radius 2 is 2.04 bits per heavy atom. The van der Waals surface area contributed by atoms with Gasteiger partial charge in [0.1, 0.15) is 0 Å². The summed E-state index contributed by atoms with van der Waals surface area (Å²) in [5, 5.41) is 4.99. The molecule has 0 aliphatic carbocycles. The quantitative estimate of drug-likeness (QED) is 0.677. The molecule has 1 heterocycles. The number of amides is 3. The van der Waals surface area contributed by atoms with Gasteiger partial charge in [-0.25, -0.2) is 9.78 Å². The number of benzene rings is 1. The predicted octanol–water partition coefficient (Wildman–Crippen LogP) is 3.17. The van der Waals surface area contributed by atoms with Crippen LogP contribution in [0.25, 0.3) is 11.3 Å². The SMILES string of the molecule is CCNC(=O)NC(=O)[C@H](C)Sc1ncc(-c2ccc(Br)cc2)[nH]1. The maximum atomic E-state index is 11.9. The zero-order valence-corrected chi connectivity index (χ0v) is 15.1. The van der Waals surface area contributed by atoms with Crippen molar-refractivity contribution in [1.82, 2.24) is 20.6 Å². The number of hydrogen-bond acceptors (Lipinski definition) is 4. The minimum atomic E-state index is -0.486. The van der Waals surface area contributed by atoms with Gasteiger partial charge in [0.05, 0.1) is 17.1 Å². The fourth-order valence-electron chi connectivity index (χ4n) is 1.78. The zero-order valence-electron chi connectivity index (χ0n) is 12.7. The molecule has 0 saturated heterocycles. The minimum absolute atomic E-state index is 0.359. The van der Waals surface area contributed by atoms with E-state index in [2.05, 4.69) is 36.5 Å². The summed E-state index contributed by atoms with van der Waals surface area (Å²) in [7, 11) is 0. The lowest BCUT2D eigenvalue weighted by atomic mass is 10.2. The summed E-state index contributed by atoms with van der Waals surface area (Å²) in [6.45, 7) is 3.98. The Morgan fingerprint density at radius 1 is 1.35 bits per heavy atom. The number of aromatic nitrogens is 2. The Kier molecular flexibility index (Phi) is 6.23. The smallest absolute Gasteiger partial charge is 0.321 e. The molecule has 3 amide bonds. The van der Waals surface area contributed by atoms with Crippen LogP contribution in [0.3, 0.4) is 0 Å². The Morgan fingerprint density at radius 3 is 2.70 bits per heavy atom. The second-order valence-electron chi connectivity index (χ2n) is 4.72. The number of urea groups is 1. The number of nitrogens with zero attached hydrogens (tertiary/aromatic N) is 1. The fraction of sp³-hybridized carbons (Fsp3) is 0.267. The summed E-state index contributed by atoms with van der Waals surface area (Å²) in [4.78, 5) is 30.7. The predicted molar refractivity (Wildman–Crippen MR) is 94.3 cm³/mol. The van der Waals surface area contributed by atoms with Crippen molar-refractivity contribution in [2.24, 2.45) is 0 Å². The highest BCUT2D eigenvalue weighted by Gasteiger charge is 2.18. The molecule has 1 aromatic heterocycles. The Balaban J connectivity index is 1.97. The van der Waals surface area contributed by atoms with Crippen LogP contribution < -0.4 is 10.6 Å². The molecule has 0 aliphatic rings. The van der Waals surface area contributed by atoms with Crippen LogP contribution in [0, 0.1) is 0 Å². The molecule has 122 valence electrons. The van der Waals surface area contributed by atoms with Crippen molar-refractivity contribution in [2.45, 2.75) is 24.3 Å². The molecule has 8 heteroatoms. The largest absolute Gasteiger partial charge is 0.338 e. The fourth-order valence-corrected chi connectivity index (χ4v) is 2.83. The van der Waals surface area contributed by atoms with Gasteiger partial charge in [-0.15, -0.1) is 0 Å². The first kappa shape index (κ1) is 17.6. The summed E-state index contributed by atoms with van der Waals surface area (Å²) < 4.78 is 1.01. The van der Waals surface area contributed by atoms with Gasteiger partial charge in [0.25, 0.3) is 0 Å². The number of aromatic amines is 1. The number of hydrogen-bond donors (Lipinski definition) is 3. The molecule has 3 N–H and O–H groups in total. The van der Waals surface area contributed by atoms with Gasteiger partial charge >= 0.3 is 6.03 Å². The highest BCUT2D eigenvalue weighted by molar-refractivity contribution is 9.10. The lowest BCUT2D eigenvalue weighted by Gasteiger charge is -2.09. The van der Waals surface area contributed by atoms with E-state index in [-0.39, 0.29) is 5.91 Å². The van der Waals surface area contributed by atoms with Crippen LogP contribution in [0.5, 0.6) is 0 Å². The van der Waals surface area contributed by atoms with E-state index >= 15 is 0 Å². The van der Waals surface area contributed by atoms with Gasteiger partial charge < -0.3 is 10.3 Å². The van der Waals surface area contributed by atoms with Gasteiger partial charge in [0.15, 0.2) is 5.16 Å². The molecule has 23 heavy (non-hydrogen) atoms. The summed E-state index contributed by atoms with van der Waals surface area (Å²) in [5.41, 5.74) is 1.88. The molecule has 0 fully saturated rings. The van der Waals surface area contributed by atoms with Crippen LogP contribution in [0.4, 0.5) is 4.79 Å². The topological polar surface area (TPSA) is 86.9 Å². The first-order chi connectivity index (χ1) is 11.0. The average Bonchev–Trinajstić information content (AvgIpc) is 2.96. The number of carbonyl (C=O) groups excluding carboxylic acids is 2. The lowest BCUT2D eigenvalue weighted by Crippen LogP contribution is -2.42. The summed E-state index contributed by atoms with van der Waals surface area (Å²) in [6.07, 6.45) is 1.72. The molecule has 6 nitrogen and oxygen atoms in total. The normalized spacial score (nSPS) is 11.8. The van der Waals surface area contributed by atoms with Gasteiger partial charge in [-0.2, -0.15) is 0 Å². The van der Waals surface area contributed by atoms with Crippen molar-refractivity contribution >= 4 is 39.6 Å². The highest BCUT2D eigenvalue weighted by Crippen LogP contribution is 2.25. The van der Waals surface area contributed by atoms with Crippen LogP contribution in [0.1, 0.15) is 13.8 Å². The molecule has 0 radical (unpaired) electrons. The van der Waals surface area contributed by atoms with Crippen molar-refractivity contribution in [3.63, 3.8) is 0 Å². The molecule has 1 aromatic carbocycles. The zero-order chi connectivity index (χ0) is 16.8. The molecule has 2 aromatic rings. The Labute approximate surface area is 147 Å². The van der Waals surface area contributed by atoms with Crippen LogP contribution in [0.15, 0.2) is 40.1 Å². The Bertz CT molecular complexity index is 687. The van der Waals surface area contributed by atoms with E-state index in [1.54, 1.807) is 20.0 Å². The summed E-state index contributed by atoms with van der Waals surface area (Å²) >= 11 is 4.66. The molecule has 0 spiro atoms. The molecule has 0 bridgehead atoms. The van der Waals surface area contributed by atoms with E-state index in [1.165, 1.54) is 11.8 Å². The maximum Gasteiger partial charge on any atom is 0.321 e. The minimum Gasteiger partial charge on any atom is -0.338 e. The van der Waals surface area contributed by atoms with E-state index in [4.69, 9.17) is 0 Å². The number of rotatable bonds is 5. The van der Waals surface area contributed by atoms with Gasteiger partial charge in [-0.1, -0.05) is 39.8 Å². The van der Waals surface area contributed by atoms with Crippen LogP contribution in [0.2, 0.25) is 0 Å². The third kappa shape index (κ3) is 5.11. The maximum absolute atomic E-state index is 11.9. The molecular weight excluding hydrogens is 380 g/mol. The van der Waals surface area contributed by atoms with Gasteiger partial charge in [0, 0.05) is 11.0 Å². The summed E-state index contributed by atoms with van der Waals surface area (Å²) in [5.74, 6) is -0.359. The van der Waals surface area contributed by atoms with E-state index in [0.29, 0.717) is 11.7 Å². The molecular formula is C15H17BrN4O2S. The van der Waals surface area contributed by atoms with Gasteiger partial charge in [-0.3, -0.25) is 10.1 Å². The molecule has 0 aliphatic heterocycles. The standard InChI is InChI=1S/C15H17BrN4O2S/c1-3-17-14(22)20-13(21)9(2)23-15-18-8-12(19-15)10-4-6-11(16)7-5-10/h4-9H,3H2,1-2H3,(H,18,19)(H2,17,20,21,22)/t9-/m0/s1. The second-order valence-corrected chi connectivity index (χ2v) is 6.96. The first-order valence-corrected chi connectivity index (χ1v) is 8.73. The van der Waals surface area contributed by atoms with Crippen molar-refractivity contribution in [3.8, 4) is 11.3 Å². The lowest BCUT2D eigenvalue weighted by molar-refractivity contribution is -0.119. The highest BCUT2D eigenvalue weighted by atomic mass is 79.9. The van der Waals surface area contributed by atoms with Crippen LogP contribution in [-0.4, -0.2) is 33.7 Å². The molecule has 0 unspecified atom stereocenters. The number of nitrogens with one attached hydrogen (secondary N) is 3. The first-order valence-electron chi connectivity index (χ1n) is 7.06. The molecule has 0 saturated carbocycles. The van der Waals surface area contributed by atoms with Crippen molar-refractivity contribution in [3.05, 3.63) is 34.9 Å². The molecule has 1 atom stereocenters. The summed E-state index contributed by atoms with van der Waals surface area (Å²) in [6, 6.07) is 7.35. The second kappa shape index (κ2) is 8.16. The van der Waals surface area contributed by atoms with Gasteiger partial charge in [-0.05, 0) is 31.5 Å². The number of H-pyrrole nitrogens is 1. The van der Waals surface area contributed by atoms with Crippen LogP contribution in [-0.2, 0) is 4.79 Å². The third-order valence-electron chi connectivity index (χ3n) is 2.94. The van der Waals surface area contributed by atoms with Crippen LogP contribution >= 0.6 is 27.7 Å². The van der Waals surface area contributed by atoms with Crippen molar-refractivity contribution in [2.75, 3.05) is 6.54 Å². The monoisotopic (exact) mass is 396 g/mol. The third-order valence-corrected chi connectivity index (χ3v) is 4.47. The molecule has 2 rings (SSSR count). The number of carbonyl (C=O) groups is 2. The number of imide groups is 1. The number of imidazole rings is 1. The van der Waals surface area contributed by atoms with E-state index < -0.39 is 11.3 Å². The van der Waals surface area contributed by atoms with Crippen molar-refractivity contribution < 1.29 is 9.59 Å².